The first-order valence-electron chi connectivity index (χ1n) is 6.50. The quantitative estimate of drug-likeness (QED) is 0.864. The second kappa shape index (κ2) is 5.45. The van der Waals surface area contributed by atoms with Gasteiger partial charge in [-0.3, -0.25) is 4.98 Å². The molecular weight excluding hydrogens is 212 g/mol. The zero-order valence-electron chi connectivity index (χ0n) is 11.0. The average molecular weight is 234 g/mol. The number of hydrogen-bond acceptors (Lipinski definition) is 4. The molecule has 1 N–H and O–H groups in total. The van der Waals surface area contributed by atoms with Crippen molar-refractivity contribution in [2.75, 3.05) is 24.5 Å². The van der Waals surface area contributed by atoms with Gasteiger partial charge in [0.25, 0.3) is 0 Å². The molecule has 2 heterocycles. The van der Waals surface area contributed by atoms with E-state index in [2.05, 4.69) is 27.1 Å². The lowest BCUT2D eigenvalue weighted by Crippen LogP contribution is -2.46. The molecule has 0 saturated carbocycles. The van der Waals surface area contributed by atoms with Crippen molar-refractivity contribution >= 4 is 5.82 Å². The first-order valence-corrected chi connectivity index (χ1v) is 6.50. The number of likely N-dealkylation sites (N-methyl/N-ethyl adjacent to an activating group) is 1. The molecule has 0 aromatic carbocycles. The van der Waals surface area contributed by atoms with Crippen molar-refractivity contribution in [3.8, 4) is 0 Å². The van der Waals surface area contributed by atoms with Crippen LogP contribution in [-0.2, 0) is 0 Å². The Hall–Kier alpha value is -1.16. The SMILES string of the molecule is CCN(c1cnc(C)c(C)n1)C1CCCNC1. The lowest BCUT2D eigenvalue weighted by molar-refractivity contribution is 0.433. The van der Waals surface area contributed by atoms with Gasteiger partial charge in [-0.15, -0.1) is 0 Å². The third-order valence-electron chi connectivity index (χ3n) is 3.53. The molecular formula is C13H22N4. The number of nitrogens with zero attached hydrogens (tertiary/aromatic N) is 3. The van der Waals surface area contributed by atoms with Crippen molar-refractivity contribution < 1.29 is 0 Å². The summed E-state index contributed by atoms with van der Waals surface area (Å²) < 4.78 is 0. The Morgan fingerprint density at radius 1 is 1.41 bits per heavy atom. The molecule has 17 heavy (non-hydrogen) atoms. The average Bonchev–Trinajstić information content (AvgIpc) is 2.36. The van der Waals surface area contributed by atoms with Gasteiger partial charge < -0.3 is 10.2 Å². The van der Waals surface area contributed by atoms with E-state index in [1.165, 1.54) is 12.8 Å². The van der Waals surface area contributed by atoms with Gasteiger partial charge in [-0.2, -0.15) is 0 Å². The van der Waals surface area contributed by atoms with Crippen LogP contribution < -0.4 is 10.2 Å². The minimum Gasteiger partial charge on any atom is -0.351 e. The number of anilines is 1. The fourth-order valence-electron chi connectivity index (χ4n) is 2.37. The molecule has 0 spiro atoms. The van der Waals surface area contributed by atoms with Gasteiger partial charge in [0, 0.05) is 19.1 Å². The number of nitrogens with one attached hydrogen (secondary N) is 1. The summed E-state index contributed by atoms with van der Waals surface area (Å²) in [4.78, 5) is 11.4. The zero-order chi connectivity index (χ0) is 12.3. The van der Waals surface area contributed by atoms with Crippen LogP contribution in [0, 0.1) is 13.8 Å². The van der Waals surface area contributed by atoms with E-state index < -0.39 is 0 Å². The highest BCUT2D eigenvalue weighted by molar-refractivity contribution is 5.39. The highest BCUT2D eigenvalue weighted by atomic mass is 15.2. The van der Waals surface area contributed by atoms with E-state index in [0.717, 1.165) is 36.8 Å². The van der Waals surface area contributed by atoms with Crippen LogP contribution in [0.1, 0.15) is 31.2 Å². The molecule has 1 saturated heterocycles. The predicted octanol–water partition coefficient (Wildman–Crippen LogP) is 1.67. The first kappa shape index (κ1) is 12.3. The van der Waals surface area contributed by atoms with E-state index in [1.807, 2.05) is 20.0 Å². The van der Waals surface area contributed by atoms with Crippen LogP contribution in [-0.4, -0.2) is 35.6 Å². The van der Waals surface area contributed by atoms with Gasteiger partial charge in [0.1, 0.15) is 5.82 Å². The Morgan fingerprint density at radius 2 is 2.24 bits per heavy atom. The summed E-state index contributed by atoms with van der Waals surface area (Å²) in [5, 5.41) is 3.46. The van der Waals surface area contributed by atoms with E-state index in [1.54, 1.807) is 0 Å². The molecule has 1 aromatic heterocycles. The zero-order valence-corrected chi connectivity index (χ0v) is 11.0. The minimum absolute atomic E-state index is 0.560. The summed E-state index contributed by atoms with van der Waals surface area (Å²) in [7, 11) is 0. The summed E-state index contributed by atoms with van der Waals surface area (Å²) >= 11 is 0. The third-order valence-corrected chi connectivity index (χ3v) is 3.53. The smallest absolute Gasteiger partial charge is 0.147 e. The van der Waals surface area contributed by atoms with Crippen LogP contribution in [0.2, 0.25) is 0 Å². The highest BCUT2D eigenvalue weighted by Gasteiger charge is 2.21. The highest BCUT2D eigenvalue weighted by Crippen LogP contribution is 2.18. The monoisotopic (exact) mass is 234 g/mol. The molecule has 4 heteroatoms. The standard InChI is InChI=1S/C13H22N4/c1-4-17(12-6-5-7-14-8-12)13-9-15-10(2)11(3)16-13/h9,12,14H,4-8H2,1-3H3. The van der Waals surface area contributed by atoms with Crippen LogP contribution in [0.15, 0.2) is 6.20 Å². The second-order valence-electron chi connectivity index (χ2n) is 4.69. The number of hydrogen-bond donors (Lipinski definition) is 1. The molecule has 0 amide bonds. The van der Waals surface area contributed by atoms with Gasteiger partial charge in [0.05, 0.1) is 17.6 Å². The molecule has 1 aromatic rings. The molecule has 1 atom stereocenters. The number of piperidine rings is 1. The summed E-state index contributed by atoms with van der Waals surface area (Å²) in [6.45, 7) is 9.41. The van der Waals surface area contributed by atoms with Gasteiger partial charge in [0.15, 0.2) is 0 Å². The topological polar surface area (TPSA) is 41.1 Å². The van der Waals surface area contributed by atoms with Crippen molar-refractivity contribution in [2.45, 2.75) is 39.7 Å². The number of aromatic nitrogens is 2. The van der Waals surface area contributed by atoms with Crippen LogP contribution in [0.25, 0.3) is 0 Å². The third kappa shape index (κ3) is 2.75. The molecule has 1 fully saturated rings. The lowest BCUT2D eigenvalue weighted by atomic mass is 10.1. The lowest BCUT2D eigenvalue weighted by Gasteiger charge is -2.34. The molecule has 2 rings (SSSR count). The van der Waals surface area contributed by atoms with Crippen LogP contribution in [0.5, 0.6) is 0 Å². The maximum Gasteiger partial charge on any atom is 0.147 e. The van der Waals surface area contributed by atoms with E-state index >= 15 is 0 Å². The molecule has 94 valence electrons. The normalized spacial score (nSPS) is 20.3. The molecule has 4 nitrogen and oxygen atoms in total. The van der Waals surface area contributed by atoms with Crippen molar-refractivity contribution in [2.24, 2.45) is 0 Å². The van der Waals surface area contributed by atoms with Gasteiger partial charge in [-0.25, -0.2) is 4.98 Å². The number of aryl methyl sites for hydroxylation is 2. The summed E-state index contributed by atoms with van der Waals surface area (Å²) in [5.41, 5.74) is 2.05. The van der Waals surface area contributed by atoms with Gasteiger partial charge >= 0.3 is 0 Å². The Bertz CT molecular complexity index is 372. The van der Waals surface area contributed by atoms with E-state index in [-0.39, 0.29) is 0 Å². The van der Waals surface area contributed by atoms with Crippen molar-refractivity contribution in [1.82, 2.24) is 15.3 Å². The Labute approximate surface area is 103 Å². The molecule has 0 radical (unpaired) electrons. The first-order chi connectivity index (χ1) is 8.22. The van der Waals surface area contributed by atoms with Crippen molar-refractivity contribution in [3.05, 3.63) is 17.6 Å². The van der Waals surface area contributed by atoms with Crippen LogP contribution >= 0.6 is 0 Å². The fraction of sp³-hybridized carbons (Fsp3) is 0.692. The Balaban J connectivity index is 2.18. The molecule has 1 unspecified atom stereocenters. The molecule has 0 aliphatic carbocycles. The Morgan fingerprint density at radius 3 is 2.82 bits per heavy atom. The molecule has 1 aliphatic rings. The van der Waals surface area contributed by atoms with E-state index in [9.17, 15) is 0 Å². The maximum atomic E-state index is 4.65. The largest absolute Gasteiger partial charge is 0.351 e. The van der Waals surface area contributed by atoms with Gasteiger partial charge in [0.2, 0.25) is 0 Å². The van der Waals surface area contributed by atoms with Crippen molar-refractivity contribution in [3.63, 3.8) is 0 Å². The Kier molecular flexibility index (Phi) is 3.94. The molecule has 0 bridgehead atoms. The van der Waals surface area contributed by atoms with Gasteiger partial charge in [-0.05, 0) is 40.2 Å². The summed E-state index contributed by atoms with van der Waals surface area (Å²) in [6.07, 6.45) is 4.40. The summed E-state index contributed by atoms with van der Waals surface area (Å²) in [5.74, 6) is 1.02. The number of rotatable bonds is 3. The van der Waals surface area contributed by atoms with Crippen LogP contribution in [0.3, 0.4) is 0 Å². The van der Waals surface area contributed by atoms with Crippen LogP contribution in [0.4, 0.5) is 5.82 Å². The van der Waals surface area contributed by atoms with Crippen molar-refractivity contribution in [1.29, 1.82) is 0 Å². The molecule has 1 aliphatic heterocycles. The van der Waals surface area contributed by atoms with E-state index in [4.69, 9.17) is 0 Å². The predicted molar refractivity (Wildman–Crippen MR) is 70.4 cm³/mol. The summed E-state index contributed by atoms with van der Waals surface area (Å²) in [6, 6.07) is 0.560. The maximum absolute atomic E-state index is 4.65. The minimum atomic E-state index is 0.560. The fourth-order valence-corrected chi connectivity index (χ4v) is 2.37. The second-order valence-corrected chi connectivity index (χ2v) is 4.69. The van der Waals surface area contributed by atoms with Gasteiger partial charge in [-0.1, -0.05) is 0 Å². The van der Waals surface area contributed by atoms with E-state index in [0.29, 0.717) is 6.04 Å².